The maximum Gasteiger partial charge on any atom is 0.162 e. The SMILES string of the molecule is O=C(CCCN1CCOC(CO)C1)c1ccc(F)cc1. The summed E-state index contributed by atoms with van der Waals surface area (Å²) in [6.07, 6.45) is 1.10. The van der Waals surface area contributed by atoms with Crippen LogP contribution < -0.4 is 0 Å². The first-order valence-electron chi connectivity index (χ1n) is 6.92. The van der Waals surface area contributed by atoms with Crippen molar-refractivity contribution in [3.05, 3.63) is 35.6 Å². The minimum Gasteiger partial charge on any atom is -0.394 e. The molecule has 2 rings (SSSR count). The number of aliphatic hydroxyl groups is 1. The Balaban J connectivity index is 1.72. The van der Waals surface area contributed by atoms with Crippen molar-refractivity contribution in [2.45, 2.75) is 18.9 Å². The molecule has 110 valence electrons. The highest BCUT2D eigenvalue weighted by molar-refractivity contribution is 5.95. The highest BCUT2D eigenvalue weighted by Gasteiger charge is 2.19. The van der Waals surface area contributed by atoms with Gasteiger partial charge in [0.1, 0.15) is 5.82 Å². The predicted molar refractivity (Wildman–Crippen MR) is 73.2 cm³/mol. The molecule has 1 aromatic rings. The summed E-state index contributed by atoms with van der Waals surface area (Å²) in [7, 11) is 0. The molecule has 1 saturated heterocycles. The van der Waals surface area contributed by atoms with Gasteiger partial charge in [0.05, 0.1) is 19.3 Å². The van der Waals surface area contributed by atoms with Gasteiger partial charge in [-0.15, -0.1) is 0 Å². The van der Waals surface area contributed by atoms with Gasteiger partial charge in [-0.1, -0.05) is 0 Å². The molecule has 1 aliphatic rings. The van der Waals surface area contributed by atoms with Gasteiger partial charge in [0.25, 0.3) is 0 Å². The molecule has 1 unspecified atom stereocenters. The van der Waals surface area contributed by atoms with Gasteiger partial charge in [-0.2, -0.15) is 0 Å². The quantitative estimate of drug-likeness (QED) is 0.803. The van der Waals surface area contributed by atoms with E-state index < -0.39 is 0 Å². The number of ether oxygens (including phenoxy) is 1. The number of ketones is 1. The van der Waals surface area contributed by atoms with Crippen LogP contribution in [0.1, 0.15) is 23.2 Å². The van der Waals surface area contributed by atoms with Crippen LogP contribution in [0.5, 0.6) is 0 Å². The molecule has 1 atom stereocenters. The van der Waals surface area contributed by atoms with E-state index in [-0.39, 0.29) is 24.3 Å². The van der Waals surface area contributed by atoms with E-state index in [1.807, 2.05) is 0 Å². The Morgan fingerprint density at radius 1 is 1.40 bits per heavy atom. The van der Waals surface area contributed by atoms with Gasteiger partial charge in [0.2, 0.25) is 0 Å². The molecule has 4 nitrogen and oxygen atoms in total. The van der Waals surface area contributed by atoms with Gasteiger partial charge in [-0.3, -0.25) is 9.69 Å². The van der Waals surface area contributed by atoms with E-state index in [1.165, 1.54) is 24.3 Å². The molecule has 1 fully saturated rings. The van der Waals surface area contributed by atoms with Crippen LogP contribution in [0.25, 0.3) is 0 Å². The predicted octanol–water partition coefficient (Wildman–Crippen LogP) is 1.48. The zero-order chi connectivity index (χ0) is 14.4. The van der Waals surface area contributed by atoms with Crippen LogP contribution >= 0.6 is 0 Å². The largest absolute Gasteiger partial charge is 0.394 e. The van der Waals surface area contributed by atoms with Crippen molar-refractivity contribution in [1.82, 2.24) is 4.90 Å². The Labute approximate surface area is 118 Å². The van der Waals surface area contributed by atoms with Gasteiger partial charge in [-0.05, 0) is 37.2 Å². The first kappa shape index (κ1) is 15.1. The van der Waals surface area contributed by atoms with Gasteiger partial charge in [0, 0.05) is 25.1 Å². The van der Waals surface area contributed by atoms with Gasteiger partial charge in [0.15, 0.2) is 5.78 Å². The summed E-state index contributed by atoms with van der Waals surface area (Å²) >= 11 is 0. The van der Waals surface area contributed by atoms with Crippen molar-refractivity contribution in [2.75, 3.05) is 32.8 Å². The molecule has 0 spiro atoms. The number of halogens is 1. The third-order valence-electron chi connectivity index (χ3n) is 3.47. The Morgan fingerprint density at radius 3 is 2.85 bits per heavy atom. The lowest BCUT2D eigenvalue weighted by atomic mass is 10.1. The maximum atomic E-state index is 12.8. The Morgan fingerprint density at radius 2 is 2.15 bits per heavy atom. The summed E-state index contributed by atoms with van der Waals surface area (Å²) in [5.41, 5.74) is 0.557. The summed E-state index contributed by atoms with van der Waals surface area (Å²) in [4.78, 5) is 14.1. The third-order valence-corrected chi connectivity index (χ3v) is 3.47. The smallest absolute Gasteiger partial charge is 0.162 e. The molecule has 0 radical (unpaired) electrons. The lowest BCUT2D eigenvalue weighted by molar-refractivity contribution is -0.0527. The lowest BCUT2D eigenvalue weighted by Gasteiger charge is -2.31. The van der Waals surface area contributed by atoms with E-state index >= 15 is 0 Å². The number of carbonyl (C=O) groups is 1. The second-order valence-corrected chi connectivity index (χ2v) is 5.01. The van der Waals surface area contributed by atoms with Crippen LogP contribution in [0.2, 0.25) is 0 Å². The van der Waals surface area contributed by atoms with E-state index in [0.717, 1.165) is 19.5 Å². The standard InChI is InChI=1S/C15H20FNO3/c16-13-5-3-12(4-6-13)15(19)2-1-7-17-8-9-20-14(10-17)11-18/h3-6,14,18H,1-2,7-11H2. The van der Waals surface area contributed by atoms with Crippen LogP contribution in [0.4, 0.5) is 4.39 Å². The molecular formula is C15H20FNO3. The van der Waals surface area contributed by atoms with Gasteiger partial charge >= 0.3 is 0 Å². The maximum absolute atomic E-state index is 12.8. The topological polar surface area (TPSA) is 49.8 Å². The summed E-state index contributed by atoms with van der Waals surface area (Å²) in [5.74, 6) is -0.290. The average molecular weight is 281 g/mol. The fraction of sp³-hybridized carbons (Fsp3) is 0.533. The van der Waals surface area contributed by atoms with Crippen LogP contribution in [-0.2, 0) is 4.74 Å². The van der Waals surface area contributed by atoms with Crippen molar-refractivity contribution in [3.8, 4) is 0 Å². The monoisotopic (exact) mass is 281 g/mol. The van der Waals surface area contributed by atoms with Crippen LogP contribution in [-0.4, -0.2) is 54.7 Å². The zero-order valence-electron chi connectivity index (χ0n) is 11.4. The number of hydrogen-bond acceptors (Lipinski definition) is 4. The van der Waals surface area contributed by atoms with Crippen molar-refractivity contribution >= 4 is 5.78 Å². The Hall–Kier alpha value is -1.30. The summed E-state index contributed by atoms with van der Waals surface area (Å²) < 4.78 is 18.1. The third kappa shape index (κ3) is 4.37. The van der Waals surface area contributed by atoms with Gasteiger partial charge < -0.3 is 9.84 Å². The fourth-order valence-corrected chi connectivity index (χ4v) is 2.34. The van der Waals surface area contributed by atoms with Crippen molar-refractivity contribution in [2.24, 2.45) is 0 Å². The van der Waals surface area contributed by atoms with Crippen LogP contribution in [0.15, 0.2) is 24.3 Å². The van der Waals surface area contributed by atoms with E-state index in [9.17, 15) is 9.18 Å². The lowest BCUT2D eigenvalue weighted by Crippen LogP contribution is -2.44. The van der Waals surface area contributed by atoms with E-state index in [0.29, 0.717) is 25.1 Å². The van der Waals surface area contributed by atoms with Crippen molar-refractivity contribution in [1.29, 1.82) is 0 Å². The summed E-state index contributed by atoms with van der Waals surface area (Å²) in [6, 6.07) is 5.66. The number of rotatable bonds is 6. The zero-order valence-corrected chi connectivity index (χ0v) is 11.4. The van der Waals surface area contributed by atoms with Crippen molar-refractivity contribution in [3.63, 3.8) is 0 Å². The molecule has 1 heterocycles. The number of morpholine rings is 1. The van der Waals surface area contributed by atoms with Crippen LogP contribution in [0.3, 0.4) is 0 Å². The molecule has 1 aliphatic heterocycles. The molecule has 1 N–H and O–H groups in total. The van der Waals surface area contributed by atoms with E-state index in [4.69, 9.17) is 9.84 Å². The molecule has 20 heavy (non-hydrogen) atoms. The van der Waals surface area contributed by atoms with Crippen LogP contribution in [0, 0.1) is 5.82 Å². The first-order valence-corrected chi connectivity index (χ1v) is 6.92. The molecule has 0 bridgehead atoms. The number of Topliss-reactive ketones (excluding diaryl/α,β-unsaturated/α-hetero) is 1. The Bertz CT molecular complexity index is 435. The molecule has 0 aromatic heterocycles. The minimum absolute atomic E-state index is 0.0327. The van der Waals surface area contributed by atoms with E-state index in [1.54, 1.807) is 0 Å². The molecule has 1 aromatic carbocycles. The second-order valence-electron chi connectivity index (χ2n) is 5.01. The van der Waals surface area contributed by atoms with Crippen molar-refractivity contribution < 1.29 is 19.0 Å². The average Bonchev–Trinajstić information content (AvgIpc) is 2.48. The highest BCUT2D eigenvalue weighted by Crippen LogP contribution is 2.10. The normalized spacial score (nSPS) is 20.0. The summed E-state index contributed by atoms with van der Waals surface area (Å²) in [5, 5.41) is 9.06. The number of nitrogens with zero attached hydrogens (tertiary/aromatic N) is 1. The number of benzene rings is 1. The number of hydrogen-bond donors (Lipinski definition) is 1. The Kier molecular flexibility index (Phi) is 5.64. The number of carbonyl (C=O) groups excluding carboxylic acids is 1. The molecule has 5 heteroatoms. The van der Waals surface area contributed by atoms with E-state index in [2.05, 4.69) is 4.90 Å². The highest BCUT2D eigenvalue weighted by atomic mass is 19.1. The molecular weight excluding hydrogens is 261 g/mol. The summed E-state index contributed by atoms with van der Waals surface area (Å²) in [6.45, 7) is 3.01. The minimum atomic E-state index is -0.329. The molecule has 0 amide bonds. The number of aliphatic hydroxyl groups excluding tert-OH is 1. The van der Waals surface area contributed by atoms with Gasteiger partial charge in [-0.25, -0.2) is 4.39 Å². The first-order chi connectivity index (χ1) is 9.69. The fourth-order valence-electron chi connectivity index (χ4n) is 2.34. The molecule has 0 saturated carbocycles. The molecule has 0 aliphatic carbocycles. The second kappa shape index (κ2) is 7.47.